The molecule has 3 N–H and O–H groups in total. The number of anilines is 2. The van der Waals surface area contributed by atoms with Crippen molar-refractivity contribution >= 4 is 23.4 Å². The van der Waals surface area contributed by atoms with Crippen LogP contribution in [0.25, 0.3) is 16.8 Å². The lowest BCUT2D eigenvalue weighted by atomic mass is 10.0. The third-order valence-electron chi connectivity index (χ3n) is 5.80. The summed E-state index contributed by atoms with van der Waals surface area (Å²) in [5.74, 6) is 0. The van der Waals surface area contributed by atoms with Gasteiger partial charge >= 0.3 is 6.18 Å². The van der Waals surface area contributed by atoms with Gasteiger partial charge in [-0.1, -0.05) is 6.08 Å². The number of aromatic nitrogens is 3. The van der Waals surface area contributed by atoms with E-state index in [0.29, 0.717) is 13.2 Å². The van der Waals surface area contributed by atoms with Gasteiger partial charge in [-0.2, -0.15) is 13.2 Å². The van der Waals surface area contributed by atoms with E-state index in [9.17, 15) is 13.2 Å². The Labute approximate surface area is 200 Å². The number of imidazole rings is 1. The minimum Gasteiger partial charge on any atom is -0.390 e. The Morgan fingerprint density at radius 1 is 1.17 bits per heavy atom. The Bertz CT molecular complexity index is 1260. The normalized spacial score (nSPS) is 16.1. The van der Waals surface area contributed by atoms with Crippen LogP contribution >= 0.6 is 0 Å². The fourth-order valence-corrected chi connectivity index (χ4v) is 4.07. The van der Waals surface area contributed by atoms with E-state index in [1.165, 1.54) is 12.3 Å². The van der Waals surface area contributed by atoms with Crippen molar-refractivity contribution in [2.45, 2.75) is 13.1 Å². The second-order valence-electron chi connectivity index (χ2n) is 7.99. The summed E-state index contributed by atoms with van der Waals surface area (Å²) in [5, 5.41) is 5.86. The Hall–Kier alpha value is -3.86. The third-order valence-corrected chi connectivity index (χ3v) is 5.80. The summed E-state index contributed by atoms with van der Waals surface area (Å²) in [4.78, 5) is 13.1. The summed E-state index contributed by atoms with van der Waals surface area (Å²) >= 11 is 0. The number of aryl methyl sites for hydroxylation is 1. The van der Waals surface area contributed by atoms with E-state index in [4.69, 9.17) is 10.1 Å². The number of nitrogens with one attached hydrogen (secondary N) is 1. The van der Waals surface area contributed by atoms with E-state index in [2.05, 4.69) is 26.7 Å². The molecule has 3 aromatic rings. The molecule has 0 aliphatic carbocycles. The first kappa shape index (κ1) is 24.3. The molecule has 5 rings (SSSR count). The average molecular weight is 486 g/mol. The summed E-state index contributed by atoms with van der Waals surface area (Å²) in [7, 11) is 0. The van der Waals surface area contributed by atoms with E-state index in [1.54, 1.807) is 17.3 Å². The molecule has 35 heavy (non-hydrogen) atoms. The monoisotopic (exact) mass is 485 g/mol. The van der Waals surface area contributed by atoms with E-state index >= 15 is 0 Å². The molecule has 0 aromatic carbocycles. The van der Waals surface area contributed by atoms with E-state index in [-0.39, 0.29) is 6.54 Å². The van der Waals surface area contributed by atoms with Gasteiger partial charge in [0.05, 0.1) is 42.7 Å². The topological polar surface area (TPSA) is 95.8 Å². The third kappa shape index (κ3) is 5.29. The van der Waals surface area contributed by atoms with Crippen molar-refractivity contribution in [3.05, 3.63) is 66.5 Å². The number of rotatable bonds is 3. The number of halogens is 3. The second kappa shape index (κ2) is 10.2. The number of allylic oxidation sites excluding steroid dienone is 2. The van der Waals surface area contributed by atoms with Crippen LogP contribution in [0.15, 0.2) is 60.8 Å². The second-order valence-corrected chi connectivity index (χ2v) is 7.99. The number of alkyl halides is 3. The van der Waals surface area contributed by atoms with Gasteiger partial charge in [-0.15, -0.1) is 0 Å². The molecule has 2 aliphatic heterocycles. The molecule has 0 atom stereocenters. The summed E-state index contributed by atoms with van der Waals surface area (Å²) < 4.78 is 46.3. The molecule has 5 heterocycles. The maximum Gasteiger partial charge on any atom is 0.416 e. The highest BCUT2D eigenvalue weighted by Gasteiger charge is 2.32. The van der Waals surface area contributed by atoms with Gasteiger partial charge in [-0.3, -0.25) is 10.4 Å². The highest BCUT2D eigenvalue weighted by molar-refractivity contribution is 5.79. The van der Waals surface area contributed by atoms with Crippen molar-refractivity contribution in [1.82, 2.24) is 14.4 Å². The lowest BCUT2D eigenvalue weighted by molar-refractivity contribution is -0.0885. The fraction of sp³-hybridized carbons (Fsp3) is 0.292. The molecule has 0 unspecified atom stereocenters. The number of hydrogen-bond acceptors (Lipinski definition) is 6. The number of pyridine rings is 2. The molecule has 184 valence electrons. The predicted octanol–water partition coefficient (Wildman–Crippen LogP) is 3.92. The Kier molecular flexibility index (Phi) is 7.06. The van der Waals surface area contributed by atoms with Crippen molar-refractivity contribution in [2.75, 3.05) is 42.6 Å². The molecule has 11 heteroatoms. The van der Waals surface area contributed by atoms with Crippen LogP contribution in [0.3, 0.4) is 0 Å². The Morgan fingerprint density at radius 2 is 1.91 bits per heavy atom. The molecule has 0 radical (unpaired) electrons. The van der Waals surface area contributed by atoms with Gasteiger partial charge in [0, 0.05) is 61.2 Å². The molecule has 0 saturated carbocycles. The standard InChI is InChI=1S/C23H22F3N5O.CH4N2/c1-16-20(13-19(14-28-16)29-5-2-18(3-6-29)23(24,25)26)17-12-21(30-8-10-32-11-9-30)22-27-4-7-31(22)15-17;2-1-3/h2-5,7,12-15H,6,8-11H2,1H3;1H,(H3,2,3). The van der Waals surface area contributed by atoms with E-state index in [0.717, 1.165) is 59.3 Å². The van der Waals surface area contributed by atoms with Crippen LogP contribution < -0.4 is 15.5 Å². The smallest absolute Gasteiger partial charge is 0.390 e. The summed E-state index contributed by atoms with van der Waals surface area (Å²) in [6.45, 7) is 4.98. The lowest BCUT2D eigenvalue weighted by Gasteiger charge is -2.29. The quantitative estimate of drug-likeness (QED) is 0.431. The number of ether oxygens (including phenoxy) is 1. The first-order valence-corrected chi connectivity index (χ1v) is 11.0. The molecule has 1 saturated heterocycles. The average Bonchev–Trinajstić information content (AvgIpc) is 3.33. The predicted molar refractivity (Wildman–Crippen MR) is 130 cm³/mol. The minimum atomic E-state index is -4.34. The lowest BCUT2D eigenvalue weighted by Crippen LogP contribution is -2.36. The SMILES string of the molecule is Cc1ncc(N2C=CC(C(F)(F)F)=CC2)cc1-c1cc(N2CCOCC2)c2nccn2c1.N=CN. The minimum absolute atomic E-state index is 0.134. The number of nitrogens with two attached hydrogens (primary N) is 1. The first-order valence-electron chi connectivity index (χ1n) is 11.0. The molecule has 8 nitrogen and oxygen atoms in total. The van der Waals surface area contributed by atoms with Gasteiger partial charge in [0.1, 0.15) is 0 Å². The zero-order chi connectivity index (χ0) is 25.0. The van der Waals surface area contributed by atoms with Gasteiger partial charge in [-0.25, -0.2) is 4.98 Å². The molecule has 0 amide bonds. The van der Waals surface area contributed by atoms with Gasteiger partial charge in [0.15, 0.2) is 5.65 Å². The fourth-order valence-electron chi connectivity index (χ4n) is 4.07. The number of fused-ring (bicyclic) bond motifs is 1. The highest BCUT2D eigenvalue weighted by atomic mass is 19.4. The Balaban J connectivity index is 0.000000917. The van der Waals surface area contributed by atoms with E-state index < -0.39 is 11.7 Å². The van der Waals surface area contributed by atoms with Crippen LogP contribution in [-0.4, -0.2) is 59.7 Å². The van der Waals surface area contributed by atoms with Crippen molar-refractivity contribution in [3.8, 4) is 11.1 Å². The molecule has 0 spiro atoms. The highest BCUT2D eigenvalue weighted by Crippen LogP contribution is 2.34. The van der Waals surface area contributed by atoms with Crippen molar-refractivity contribution in [2.24, 2.45) is 5.73 Å². The number of hydrogen-bond donors (Lipinski definition) is 2. The number of morpholine rings is 1. The van der Waals surface area contributed by atoms with Crippen molar-refractivity contribution in [1.29, 1.82) is 5.41 Å². The maximum atomic E-state index is 12.9. The largest absolute Gasteiger partial charge is 0.416 e. The van der Waals surface area contributed by atoms with E-state index in [1.807, 2.05) is 29.8 Å². The van der Waals surface area contributed by atoms with Crippen LogP contribution in [0.2, 0.25) is 0 Å². The molecule has 2 aliphatic rings. The van der Waals surface area contributed by atoms with Crippen LogP contribution in [-0.2, 0) is 4.74 Å². The van der Waals surface area contributed by atoms with Crippen molar-refractivity contribution in [3.63, 3.8) is 0 Å². The summed E-state index contributed by atoms with van der Waals surface area (Å²) in [5.41, 5.74) is 9.13. The molecular formula is C24H26F3N7O. The van der Waals surface area contributed by atoms with Gasteiger partial charge in [0.25, 0.3) is 0 Å². The summed E-state index contributed by atoms with van der Waals surface area (Å²) in [6, 6.07) is 4.08. The Morgan fingerprint density at radius 3 is 2.57 bits per heavy atom. The summed E-state index contributed by atoms with van der Waals surface area (Å²) in [6.07, 6.45) is 7.53. The van der Waals surface area contributed by atoms with Crippen molar-refractivity contribution < 1.29 is 17.9 Å². The molecular weight excluding hydrogens is 459 g/mol. The maximum absolute atomic E-state index is 12.9. The number of nitrogens with zero attached hydrogens (tertiary/aromatic N) is 5. The van der Waals surface area contributed by atoms with Crippen LogP contribution in [0, 0.1) is 12.3 Å². The molecule has 0 bridgehead atoms. The first-order chi connectivity index (χ1) is 16.8. The zero-order valence-electron chi connectivity index (χ0n) is 19.2. The van der Waals surface area contributed by atoms with Gasteiger partial charge < -0.3 is 24.7 Å². The van der Waals surface area contributed by atoms with Crippen LogP contribution in [0.1, 0.15) is 5.69 Å². The zero-order valence-corrected chi connectivity index (χ0v) is 19.2. The molecule has 3 aromatic heterocycles. The van der Waals surface area contributed by atoms with Crippen LogP contribution in [0.5, 0.6) is 0 Å². The molecule has 1 fully saturated rings. The van der Waals surface area contributed by atoms with Gasteiger partial charge in [0.2, 0.25) is 0 Å². The van der Waals surface area contributed by atoms with Crippen LogP contribution in [0.4, 0.5) is 24.5 Å². The van der Waals surface area contributed by atoms with Gasteiger partial charge in [-0.05, 0) is 25.1 Å².